The summed E-state index contributed by atoms with van der Waals surface area (Å²) in [6.07, 6.45) is 1.63. The Hall–Kier alpha value is -4.12. The minimum atomic E-state index is -0.149. The smallest absolute Gasteiger partial charge is 0.255 e. The van der Waals surface area contributed by atoms with Gasteiger partial charge in [-0.3, -0.25) is 4.79 Å². The Morgan fingerprint density at radius 3 is 2.13 bits per heavy atom. The number of ether oxygens (including phenoxy) is 1. The van der Waals surface area contributed by atoms with E-state index >= 15 is 0 Å². The SMILES string of the molecule is Cc1ccccc1C(=O)Nc1ccc(Nc2ccc(Oc3ccccc3)cc2)nc1. The number of hydrogen-bond donors (Lipinski definition) is 2. The minimum absolute atomic E-state index is 0.149. The van der Waals surface area contributed by atoms with E-state index in [1.54, 1.807) is 12.3 Å². The Bertz CT molecular complexity index is 1130. The van der Waals surface area contributed by atoms with Crippen LogP contribution in [-0.4, -0.2) is 10.9 Å². The van der Waals surface area contributed by atoms with Crippen LogP contribution < -0.4 is 15.4 Å². The second-order valence-electron chi connectivity index (χ2n) is 6.77. The summed E-state index contributed by atoms with van der Waals surface area (Å²) in [5.74, 6) is 2.09. The molecule has 5 nitrogen and oxygen atoms in total. The van der Waals surface area contributed by atoms with Gasteiger partial charge < -0.3 is 15.4 Å². The number of para-hydroxylation sites is 1. The van der Waals surface area contributed by atoms with Crippen LogP contribution in [0.2, 0.25) is 0 Å². The van der Waals surface area contributed by atoms with Crippen molar-refractivity contribution in [1.82, 2.24) is 4.98 Å². The van der Waals surface area contributed by atoms with Crippen LogP contribution in [0.3, 0.4) is 0 Å². The van der Waals surface area contributed by atoms with Gasteiger partial charge in [-0.1, -0.05) is 36.4 Å². The molecule has 0 unspecified atom stereocenters. The first-order chi connectivity index (χ1) is 14.7. The maximum Gasteiger partial charge on any atom is 0.255 e. The highest BCUT2D eigenvalue weighted by atomic mass is 16.5. The summed E-state index contributed by atoms with van der Waals surface area (Å²) in [6.45, 7) is 1.91. The summed E-state index contributed by atoms with van der Waals surface area (Å²) < 4.78 is 5.80. The summed E-state index contributed by atoms with van der Waals surface area (Å²) in [5, 5.41) is 6.11. The molecule has 0 saturated carbocycles. The molecule has 0 radical (unpaired) electrons. The fourth-order valence-electron chi connectivity index (χ4n) is 2.95. The van der Waals surface area contributed by atoms with Gasteiger partial charge in [-0.25, -0.2) is 4.98 Å². The van der Waals surface area contributed by atoms with Gasteiger partial charge in [-0.15, -0.1) is 0 Å². The van der Waals surface area contributed by atoms with Crippen LogP contribution >= 0.6 is 0 Å². The molecule has 1 heterocycles. The number of nitrogens with one attached hydrogen (secondary N) is 2. The molecule has 1 aromatic heterocycles. The molecule has 1 amide bonds. The summed E-state index contributed by atoms with van der Waals surface area (Å²) in [7, 11) is 0. The van der Waals surface area contributed by atoms with Crippen LogP contribution in [0.15, 0.2) is 97.2 Å². The van der Waals surface area contributed by atoms with Crippen molar-refractivity contribution in [2.24, 2.45) is 0 Å². The van der Waals surface area contributed by atoms with Gasteiger partial charge >= 0.3 is 0 Å². The zero-order valence-corrected chi connectivity index (χ0v) is 16.5. The van der Waals surface area contributed by atoms with Gasteiger partial charge in [0.2, 0.25) is 0 Å². The largest absolute Gasteiger partial charge is 0.457 e. The van der Waals surface area contributed by atoms with E-state index in [0.29, 0.717) is 17.1 Å². The lowest BCUT2D eigenvalue weighted by molar-refractivity contribution is 0.102. The molecular weight excluding hydrogens is 374 g/mol. The third-order valence-electron chi connectivity index (χ3n) is 4.52. The molecule has 0 bridgehead atoms. The predicted octanol–water partition coefficient (Wildman–Crippen LogP) is 6.18. The lowest BCUT2D eigenvalue weighted by atomic mass is 10.1. The highest BCUT2D eigenvalue weighted by Crippen LogP contribution is 2.24. The van der Waals surface area contributed by atoms with E-state index in [1.807, 2.05) is 91.9 Å². The van der Waals surface area contributed by atoms with Crippen LogP contribution in [0, 0.1) is 6.92 Å². The molecule has 0 aliphatic heterocycles. The Balaban J connectivity index is 1.36. The summed E-state index contributed by atoms with van der Waals surface area (Å²) >= 11 is 0. The van der Waals surface area contributed by atoms with E-state index in [2.05, 4.69) is 15.6 Å². The number of carbonyl (C=O) groups excluding carboxylic acids is 1. The number of hydrogen-bond acceptors (Lipinski definition) is 4. The third-order valence-corrected chi connectivity index (χ3v) is 4.52. The first-order valence-electron chi connectivity index (χ1n) is 9.60. The lowest BCUT2D eigenvalue weighted by Gasteiger charge is -2.10. The molecule has 30 heavy (non-hydrogen) atoms. The summed E-state index contributed by atoms with van der Waals surface area (Å²) in [4.78, 5) is 16.8. The topological polar surface area (TPSA) is 63.2 Å². The molecule has 0 atom stereocenters. The van der Waals surface area contributed by atoms with Crippen molar-refractivity contribution in [3.63, 3.8) is 0 Å². The quantitative estimate of drug-likeness (QED) is 0.409. The van der Waals surface area contributed by atoms with Gasteiger partial charge in [-0.2, -0.15) is 0 Å². The lowest BCUT2D eigenvalue weighted by Crippen LogP contribution is -2.13. The number of anilines is 3. The molecular formula is C25H21N3O2. The van der Waals surface area contributed by atoms with Crippen molar-refractivity contribution in [3.05, 3.63) is 108 Å². The number of aryl methyl sites for hydroxylation is 1. The number of amides is 1. The predicted molar refractivity (Wildman–Crippen MR) is 120 cm³/mol. The molecule has 5 heteroatoms. The van der Waals surface area contributed by atoms with E-state index in [-0.39, 0.29) is 5.91 Å². The second kappa shape index (κ2) is 8.92. The zero-order valence-electron chi connectivity index (χ0n) is 16.5. The summed E-state index contributed by atoms with van der Waals surface area (Å²) in [5.41, 5.74) is 3.11. The van der Waals surface area contributed by atoms with Crippen molar-refractivity contribution in [1.29, 1.82) is 0 Å². The van der Waals surface area contributed by atoms with E-state index in [4.69, 9.17) is 4.74 Å². The first kappa shape index (κ1) is 19.2. The maximum absolute atomic E-state index is 12.4. The summed E-state index contributed by atoms with van der Waals surface area (Å²) in [6, 6.07) is 28.4. The molecule has 3 aromatic carbocycles. The number of aromatic nitrogens is 1. The Morgan fingerprint density at radius 1 is 0.767 bits per heavy atom. The third kappa shape index (κ3) is 4.83. The van der Waals surface area contributed by atoms with Crippen LogP contribution in [0.1, 0.15) is 15.9 Å². The van der Waals surface area contributed by atoms with E-state index in [1.165, 1.54) is 0 Å². The Morgan fingerprint density at radius 2 is 1.43 bits per heavy atom. The van der Waals surface area contributed by atoms with Crippen LogP contribution in [0.5, 0.6) is 11.5 Å². The monoisotopic (exact) mass is 395 g/mol. The average molecular weight is 395 g/mol. The molecule has 0 aliphatic carbocycles. The van der Waals surface area contributed by atoms with Crippen molar-refractivity contribution >= 4 is 23.1 Å². The molecule has 0 saturated heterocycles. The molecule has 0 fully saturated rings. The van der Waals surface area contributed by atoms with Gasteiger partial charge in [0, 0.05) is 11.3 Å². The highest BCUT2D eigenvalue weighted by molar-refractivity contribution is 6.05. The highest BCUT2D eigenvalue weighted by Gasteiger charge is 2.08. The molecule has 0 aliphatic rings. The van der Waals surface area contributed by atoms with Crippen molar-refractivity contribution in [2.45, 2.75) is 6.92 Å². The van der Waals surface area contributed by atoms with Crippen molar-refractivity contribution in [2.75, 3.05) is 10.6 Å². The van der Waals surface area contributed by atoms with Crippen LogP contribution in [0.25, 0.3) is 0 Å². The van der Waals surface area contributed by atoms with E-state index < -0.39 is 0 Å². The number of rotatable bonds is 6. The number of nitrogens with zero attached hydrogens (tertiary/aromatic N) is 1. The van der Waals surface area contributed by atoms with Gasteiger partial charge in [0.1, 0.15) is 17.3 Å². The number of benzene rings is 3. The van der Waals surface area contributed by atoms with Crippen molar-refractivity contribution in [3.8, 4) is 11.5 Å². The normalized spacial score (nSPS) is 10.3. The van der Waals surface area contributed by atoms with Gasteiger partial charge in [-0.05, 0) is 67.1 Å². The molecule has 0 spiro atoms. The Labute approximate surface area is 175 Å². The standard InChI is InChI=1S/C25H21N3O2/c1-18-7-5-6-10-23(18)25(29)28-20-13-16-24(26-17-20)27-19-11-14-22(15-12-19)30-21-8-3-2-4-9-21/h2-17H,1H3,(H,26,27)(H,28,29). The zero-order chi connectivity index (χ0) is 20.8. The van der Waals surface area contributed by atoms with Crippen LogP contribution in [0.4, 0.5) is 17.2 Å². The minimum Gasteiger partial charge on any atom is -0.457 e. The Kier molecular flexibility index (Phi) is 5.71. The number of pyridine rings is 1. The van der Waals surface area contributed by atoms with E-state index in [0.717, 1.165) is 22.7 Å². The van der Waals surface area contributed by atoms with Gasteiger partial charge in [0.15, 0.2) is 0 Å². The average Bonchev–Trinajstić information content (AvgIpc) is 2.77. The van der Waals surface area contributed by atoms with Crippen molar-refractivity contribution < 1.29 is 9.53 Å². The molecule has 4 rings (SSSR count). The maximum atomic E-state index is 12.4. The second-order valence-corrected chi connectivity index (χ2v) is 6.77. The van der Waals surface area contributed by atoms with Gasteiger partial charge in [0.05, 0.1) is 11.9 Å². The molecule has 4 aromatic rings. The van der Waals surface area contributed by atoms with E-state index in [9.17, 15) is 4.79 Å². The van der Waals surface area contributed by atoms with Gasteiger partial charge in [0.25, 0.3) is 5.91 Å². The van der Waals surface area contributed by atoms with Crippen LogP contribution in [-0.2, 0) is 0 Å². The molecule has 148 valence electrons. The first-order valence-corrected chi connectivity index (χ1v) is 9.60. The fraction of sp³-hybridized carbons (Fsp3) is 0.0400. The fourth-order valence-corrected chi connectivity index (χ4v) is 2.95. The number of carbonyl (C=O) groups is 1. The molecule has 2 N–H and O–H groups in total.